The third-order valence-electron chi connectivity index (χ3n) is 8.14. The molecule has 4 aromatic rings. The fourth-order valence-electron chi connectivity index (χ4n) is 5.79. The van der Waals surface area contributed by atoms with E-state index in [1.54, 1.807) is 42.6 Å². The molecular weight excluding hydrogens is 659 g/mol. The number of carbonyl (C=O) groups is 2. The zero-order chi connectivity index (χ0) is 34.6. The number of hydrogen-bond donors (Lipinski definition) is 2. The minimum absolute atomic E-state index is 0.106. The van der Waals surface area contributed by atoms with Gasteiger partial charge in [-0.25, -0.2) is 13.6 Å². The number of alkyl halides is 3. The van der Waals surface area contributed by atoms with Crippen LogP contribution in [0.3, 0.4) is 0 Å². The van der Waals surface area contributed by atoms with Crippen LogP contribution in [-0.4, -0.2) is 55.4 Å². The van der Waals surface area contributed by atoms with Crippen LogP contribution < -0.4 is 10.6 Å². The van der Waals surface area contributed by atoms with E-state index >= 15 is 8.78 Å². The summed E-state index contributed by atoms with van der Waals surface area (Å²) in [5, 5.41) is 14.6. The van der Waals surface area contributed by atoms with E-state index in [0.717, 1.165) is 7.11 Å². The molecule has 1 aliphatic heterocycles. The molecule has 0 saturated carbocycles. The Bertz CT molecular complexity index is 1870. The van der Waals surface area contributed by atoms with Gasteiger partial charge in [0.1, 0.15) is 29.3 Å². The maximum atomic E-state index is 15.2. The van der Waals surface area contributed by atoms with Gasteiger partial charge in [-0.3, -0.25) is 9.78 Å². The van der Waals surface area contributed by atoms with Crippen molar-refractivity contribution in [2.24, 2.45) is 5.92 Å². The molecule has 2 N–H and O–H groups in total. The van der Waals surface area contributed by atoms with Gasteiger partial charge in [-0.1, -0.05) is 35.9 Å². The number of methoxy groups -OCH3 is 1. The summed E-state index contributed by atoms with van der Waals surface area (Å²) in [6.07, 6.45) is -3.13. The topological polar surface area (TPSA) is 113 Å². The quantitative estimate of drug-likeness (QED) is 0.144. The maximum Gasteiger partial charge on any atom is 0.408 e. The molecule has 2 atom stereocenters. The van der Waals surface area contributed by atoms with E-state index in [1.165, 1.54) is 6.07 Å². The third kappa shape index (κ3) is 7.50. The van der Waals surface area contributed by atoms with Crippen molar-refractivity contribution in [3.8, 4) is 17.2 Å². The number of hydrogen-bond acceptors (Lipinski definition) is 7. The van der Waals surface area contributed by atoms with E-state index in [1.807, 2.05) is 6.07 Å². The lowest BCUT2D eigenvalue weighted by molar-refractivity contribution is -0.159. The monoisotopic (exact) mass is 686 g/mol. The van der Waals surface area contributed by atoms with Gasteiger partial charge in [0.15, 0.2) is 0 Å². The van der Waals surface area contributed by atoms with Crippen molar-refractivity contribution in [3.05, 3.63) is 94.1 Å². The number of benzene rings is 3. The van der Waals surface area contributed by atoms with E-state index in [9.17, 15) is 28.0 Å². The number of anilines is 1. The third-order valence-corrected chi connectivity index (χ3v) is 8.46. The Morgan fingerprint density at radius 2 is 1.77 bits per heavy atom. The minimum Gasteiger partial charge on any atom is -0.467 e. The molecule has 1 aliphatic rings. The van der Waals surface area contributed by atoms with Crippen molar-refractivity contribution in [1.82, 2.24) is 10.3 Å². The molecule has 5 rings (SSSR count). The van der Waals surface area contributed by atoms with Crippen molar-refractivity contribution in [2.75, 3.05) is 25.6 Å². The molecule has 250 valence electrons. The molecule has 48 heavy (non-hydrogen) atoms. The average molecular weight is 687 g/mol. The van der Waals surface area contributed by atoms with E-state index in [-0.39, 0.29) is 32.5 Å². The summed E-state index contributed by atoms with van der Waals surface area (Å²) in [4.78, 5) is 30.4. The Balaban J connectivity index is 1.41. The second-order valence-electron chi connectivity index (χ2n) is 11.2. The summed E-state index contributed by atoms with van der Waals surface area (Å²) in [6, 6.07) is 11.3. The summed E-state index contributed by atoms with van der Waals surface area (Å²) in [6.45, 7) is 0.258. The highest BCUT2D eigenvalue weighted by Crippen LogP contribution is 2.36. The number of rotatable bonds is 9. The van der Waals surface area contributed by atoms with Crippen molar-refractivity contribution in [1.29, 1.82) is 5.26 Å². The second-order valence-corrected chi connectivity index (χ2v) is 11.6. The van der Waals surface area contributed by atoms with Crippen LogP contribution in [-0.2, 0) is 20.7 Å². The number of halogens is 6. The number of nitrogens with one attached hydrogen (secondary N) is 2. The molecule has 1 aromatic heterocycles. The molecular formula is C34H28ClF5N4O4. The van der Waals surface area contributed by atoms with Gasteiger partial charge in [0.2, 0.25) is 0 Å². The van der Waals surface area contributed by atoms with Crippen molar-refractivity contribution >= 4 is 40.1 Å². The zero-order valence-corrected chi connectivity index (χ0v) is 26.1. The normalized spacial score (nSPS) is 15.0. The molecule has 0 unspecified atom stereocenters. The van der Waals surface area contributed by atoms with Gasteiger partial charge in [-0.2, -0.15) is 18.4 Å². The molecule has 0 bridgehead atoms. The predicted octanol–water partition coefficient (Wildman–Crippen LogP) is 6.99. The van der Waals surface area contributed by atoms with Gasteiger partial charge in [-0.05, 0) is 54.7 Å². The SMILES string of the molecule is COC(=O)[C@H](Cc1ccc(-c2ccc(C#N)cc2Cl)c2ncccc12)NC(=O)c1c(F)cc(N[C@H](C2CCOCC2)C(F)(F)F)cc1F. The van der Waals surface area contributed by atoms with E-state index < -0.39 is 58.9 Å². The molecule has 1 saturated heterocycles. The van der Waals surface area contributed by atoms with E-state index in [0.29, 0.717) is 50.3 Å². The number of nitrogens with zero attached hydrogens (tertiary/aromatic N) is 2. The number of nitriles is 1. The molecule has 1 fully saturated rings. The first kappa shape index (κ1) is 34.5. The van der Waals surface area contributed by atoms with E-state index in [4.69, 9.17) is 21.1 Å². The number of pyridine rings is 1. The Kier molecular flexibility index (Phi) is 10.5. The highest BCUT2D eigenvalue weighted by molar-refractivity contribution is 6.33. The lowest BCUT2D eigenvalue weighted by Crippen LogP contribution is -2.45. The van der Waals surface area contributed by atoms with Crippen molar-refractivity contribution < 1.29 is 41.0 Å². The van der Waals surface area contributed by atoms with Gasteiger partial charge >= 0.3 is 12.1 Å². The van der Waals surface area contributed by atoms with Crippen LogP contribution in [0.2, 0.25) is 5.02 Å². The minimum atomic E-state index is -4.72. The van der Waals surface area contributed by atoms with Gasteiger partial charge in [0, 0.05) is 53.1 Å². The van der Waals surface area contributed by atoms with Crippen molar-refractivity contribution in [2.45, 2.75) is 37.5 Å². The van der Waals surface area contributed by atoms with Crippen LogP contribution in [0.15, 0.2) is 60.8 Å². The zero-order valence-electron chi connectivity index (χ0n) is 25.3. The maximum absolute atomic E-state index is 15.2. The van der Waals surface area contributed by atoms with Gasteiger partial charge in [0.25, 0.3) is 5.91 Å². The first-order chi connectivity index (χ1) is 22.9. The van der Waals surface area contributed by atoms with Gasteiger partial charge < -0.3 is 20.1 Å². The summed E-state index contributed by atoms with van der Waals surface area (Å²) >= 11 is 6.45. The number of esters is 1. The molecule has 1 amide bonds. The lowest BCUT2D eigenvalue weighted by atomic mass is 9.91. The molecule has 2 heterocycles. The molecule has 8 nitrogen and oxygen atoms in total. The average Bonchev–Trinajstić information content (AvgIpc) is 3.06. The Hall–Kier alpha value is -4.80. The molecule has 14 heteroatoms. The summed E-state index contributed by atoms with van der Waals surface area (Å²) in [5.41, 5.74) is 1.03. The first-order valence-corrected chi connectivity index (χ1v) is 15.1. The second kappa shape index (κ2) is 14.5. The Morgan fingerprint density at radius 1 is 1.08 bits per heavy atom. The fraction of sp³-hybridized carbons (Fsp3) is 0.294. The molecule has 0 aliphatic carbocycles. The van der Waals surface area contributed by atoms with Crippen LogP contribution in [0.1, 0.15) is 34.3 Å². The van der Waals surface area contributed by atoms with E-state index in [2.05, 4.69) is 15.6 Å². The van der Waals surface area contributed by atoms with Crippen LogP contribution >= 0.6 is 11.6 Å². The highest BCUT2D eigenvalue weighted by Gasteiger charge is 2.45. The van der Waals surface area contributed by atoms with Gasteiger partial charge in [-0.15, -0.1) is 0 Å². The van der Waals surface area contributed by atoms with Crippen LogP contribution in [0, 0.1) is 28.9 Å². The lowest BCUT2D eigenvalue weighted by Gasteiger charge is -2.33. The first-order valence-electron chi connectivity index (χ1n) is 14.8. The Morgan fingerprint density at radius 3 is 2.40 bits per heavy atom. The highest BCUT2D eigenvalue weighted by atomic mass is 35.5. The molecule has 0 radical (unpaired) electrons. The summed E-state index contributed by atoms with van der Waals surface area (Å²) in [5.74, 6) is -5.96. The largest absolute Gasteiger partial charge is 0.467 e. The number of ether oxygens (including phenoxy) is 2. The number of carbonyl (C=O) groups excluding carboxylic acids is 2. The fourth-order valence-corrected chi connectivity index (χ4v) is 6.07. The summed E-state index contributed by atoms with van der Waals surface area (Å²) < 4.78 is 82.0. The molecule has 0 spiro atoms. The van der Waals surface area contributed by atoms with Crippen molar-refractivity contribution in [3.63, 3.8) is 0 Å². The number of fused-ring (bicyclic) bond motifs is 1. The number of aromatic nitrogens is 1. The van der Waals surface area contributed by atoms with Crippen LogP contribution in [0.5, 0.6) is 0 Å². The van der Waals surface area contributed by atoms with Crippen LogP contribution in [0.25, 0.3) is 22.0 Å². The molecule has 3 aromatic carbocycles. The Labute approximate surface area is 276 Å². The smallest absolute Gasteiger partial charge is 0.408 e. The van der Waals surface area contributed by atoms with Crippen LogP contribution in [0.4, 0.5) is 27.6 Å². The number of amides is 1. The predicted molar refractivity (Wildman–Crippen MR) is 167 cm³/mol. The standard InChI is InChI=1S/C34H28ClF5N4O4/c1-47-33(46)28(14-20-5-7-24(30-22(20)3-2-10-42-30)23-6-4-18(17-41)13-25(23)35)44-32(45)29-26(36)15-21(16-27(29)37)43-31(34(38,39)40)19-8-11-48-12-9-19/h2-7,10,13,15-16,19,28,31,43H,8-9,11-12,14H2,1H3,(H,44,45)/t28-,31+/m0/s1. The van der Waals surface area contributed by atoms with Gasteiger partial charge in [0.05, 0.1) is 24.3 Å². The summed E-state index contributed by atoms with van der Waals surface area (Å²) in [7, 11) is 1.08.